The second-order valence-electron chi connectivity index (χ2n) is 7.47. The van der Waals surface area contributed by atoms with Gasteiger partial charge >= 0.3 is 0 Å². The van der Waals surface area contributed by atoms with Crippen LogP contribution in [0.2, 0.25) is 0 Å². The fraction of sp³-hybridized carbons (Fsp3) is 0.200. The number of aromatic nitrogens is 1. The molecule has 1 aliphatic heterocycles. The third-order valence-corrected chi connectivity index (χ3v) is 5.83. The molecule has 0 saturated carbocycles. The predicted octanol–water partition coefficient (Wildman–Crippen LogP) is 5.23. The monoisotopic (exact) mass is 408 g/mol. The Bertz CT molecular complexity index is 1300. The van der Waals surface area contributed by atoms with Gasteiger partial charge in [-0.05, 0) is 26.0 Å². The maximum atomic E-state index is 12.7. The van der Waals surface area contributed by atoms with Gasteiger partial charge in [-0.1, -0.05) is 30.3 Å². The number of carbonyl (C=O) groups excluding carboxylic acids is 1. The molecule has 0 amide bonds. The van der Waals surface area contributed by atoms with Crippen LogP contribution in [-0.2, 0) is 6.42 Å². The molecule has 31 heavy (non-hydrogen) atoms. The number of benzene rings is 1. The van der Waals surface area contributed by atoms with Crippen molar-refractivity contribution in [3.05, 3.63) is 99.8 Å². The Morgan fingerprint density at radius 3 is 2.68 bits per heavy atom. The van der Waals surface area contributed by atoms with E-state index in [1.54, 1.807) is 24.4 Å². The van der Waals surface area contributed by atoms with Crippen molar-refractivity contribution in [2.45, 2.75) is 26.2 Å². The van der Waals surface area contributed by atoms with Gasteiger partial charge in [0.1, 0.15) is 11.3 Å². The molecule has 3 heterocycles. The molecule has 1 aromatic carbocycles. The number of nitrogens with zero attached hydrogens (tertiary/aromatic N) is 4. The Morgan fingerprint density at radius 1 is 1.26 bits per heavy atom. The zero-order valence-electron chi connectivity index (χ0n) is 17.5. The highest BCUT2D eigenvalue weighted by molar-refractivity contribution is 5.99. The van der Waals surface area contributed by atoms with E-state index in [9.17, 15) is 10.1 Å². The lowest BCUT2D eigenvalue weighted by Crippen LogP contribution is -2.25. The van der Waals surface area contributed by atoms with Crippen LogP contribution in [0.3, 0.4) is 0 Å². The van der Waals surface area contributed by atoms with Crippen molar-refractivity contribution < 1.29 is 9.21 Å². The molecule has 1 atom stereocenters. The Morgan fingerprint density at radius 2 is 2.00 bits per heavy atom. The van der Waals surface area contributed by atoms with E-state index in [2.05, 4.69) is 15.9 Å². The van der Waals surface area contributed by atoms with E-state index < -0.39 is 5.92 Å². The molecule has 0 radical (unpaired) electrons. The topological polar surface area (TPSA) is 74.5 Å². The van der Waals surface area contributed by atoms with Gasteiger partial charge in [0.25, 0.3) is 0 Å². The van der Waals surface area contributed by atoms with E-state index in [1.807, 2.05) is 50.1 Å². The van der Waals surface area contributed by atoms with Gasteiger partial charge < -0.3 is 9.32 Å². The van der Waals surface area contributed by atoms with Gasteiger partial charge in [0.05, 0.1) is 36.2 Å². The average molecular weight is 408 g/mol. The molecule has 4 rings (SSSR count). The van der Waals surface area contributed by atoms with Crippen molar-refractivity contribution in [3.63, 3.8) is 0 Å². The van der Waals surface area contributed by atoms with Crippen LogP contribution < -0.4 is 0 Å². The molecule has 0 saturated heterocycles. The number of Topliss-reactive ketones (excluding diaryl/α,β-unsaturated/α-hetero) is 1. The number of carbonyl (C=O) groups is 1. The van der Waals surface area contributed by atoms with Gasteiger partial charge in [-0.15, -0.1) is 0 Å². The summed E-state index contributed by atoms with van der Waals surface area (Å²) in [6.07, 6.45) is 1.75. The molecule has 2 aromatic heterocycles. The van der Waals surface area contributed by atoms with Crippen LogP contribution >= 0.6 is 0 Å². The normalized spacial score (nSPS) is 16.4. The first-order valence-corrected chi connectivity index (χ1v) is 9.84. The summed E-state index contributed by atoms with van der Waals surface area (Å²) in [5, 5.41) is 10.5. The Kier molecular flexibility index (Phi) is 5.15. The summed E-state index contributed by atoms with van der Waals surface area (Å²) in [6.45, 7) is 11.4. The summed E-state index contributed by atoms with van der Waals surface area (Å²) in [6, 6.07) is 14.9. The van der Waals surface area contributed by atoms with Crippen molar-refractivity contribution in [3.8, 4) is 6.07 Å². The third kappa shape index (κ3) is 3.39. The lowest BCUT2D eigenvalue weighted by Gasteiger charge is -2.31. The minimum atomic E-state index is -0.580. The molecule has 6 nitrogen and oxygen atoms in total. The smallest absolute Gasteiger partial charge is 0.199 e. The van der Waals surface area contributed by atoms with Crippen molar-refractivity contribution in [1.29, 1.82) is 5.26 Å². The number of fused-ring (bicyclic) bond motifs is 1. The number of nitriles is 1. The first-order valence-electron chi connectivity index (χ1n) is 9.84. The molecule has 0 fully saturated rings. The predicted molar refractivity (Wildman–Crippen MR) is 117 cm³/mol. The number of pyridine rings is 1. The molecular weight excluding hydrogens is 388 g/mol. The maximum absolute atomic E-state index is 12.7. The van der Waals surface area contributed by atoms with Crippen LogP contribution in [0.1, 0.15) is 41.6 Å². The lowest BCUT2D eigenvalue weighted by atomic mass is 9.88. The number of allylic oxidation sites excluding steroid dienone is 3. The van der Waals surface area contributed by atoms with E-state index in [0.29, 0.717) is 33.9 Å². The number of ketones is 1. The highest BCUT2D eigenvalue weighted by atomic mass is 16.3. The number of furan rings is 1. The quantitative estimate of drug-likeness (QED) is 0.436. The molecule has 3 aromatic rings. The molecule has 1 unspecified atom stereocenters. The van der Waals surface area contributed by atoms with Gasteiger partial charge in [-0.3, -0.25) is 9.78 Å². The van der Waals surface area contributed by atoms with Crippen LogP contribution in [0, 0.1) is 17.9 Å². The molecule has 1 aliphatic rings. The number of rotatable bonds is 4. The van der Waals surface area contributed by atoms with E-state index in [4.69, 9.17) is 11.0 Å². The van der Waals surface area contributed by atoms with Crippen molar-refractivity contribution in [1.82, 2.24) is 9.88 Å². The molecule has 0 aliphatic carbocycles. The number of hydrogen-bond donors (Lipinski definition) is 0. The van der Waals surface area contributed by atoms with Gasteiger partial charge in [0.15, 0.2) is 11.5 Å². The Hall–Kier alpha value is -4.16. The highest BCUT2D eigenvalue weighted by Gasteiger charge is 2.35. The largest absolute Gasteiger partial charge is 0.461 e. The van der Waals surface area contributed by atoms with E-state index in [0.717, 1.165) is 16.8 Å². The molecular formula is C25H20N4O2. The summed E-state index contributed by atoms with van der Waals surface area (Å²) in [4.78, 5) is 22.7. The van der Waals surface area contributed by atoms with Gasteiger partial charge in [-0.25, -0.2) is 4.85 Å². The van der Waals surface area contributed by atoms with Crippen LogP contribution in [0.25, 0.3) is 15.8 Å². The summed E-state index contributed by atoms with van der Waals surface area (Å²) < 4.78 is 6.10. The van der Waals surface area contributed by atoms with Gasteiger partial charge in [0, 0.05) is 35.6 Å². The van der Waals surface area contributed by atoms with E-state index >= 15 is 0 Å². The Labute approximate surface area is 180 Å². The van der Waals surface area contributed by atoms with Crippen LogP contribution in [0.5, 0.6) is 0 Å². The Balaban J connectivity index is 1.80. The fourth-order valence-corrected chi connectivity index (χ4v) is 3.93. The molecule has 6 heteroatoms. The lowest BCUT2D eigenvalue weighted by molar-refractivity contribution is 0.0992. The van der Waals surface area contributed by atoms with Crippen LogP contribution in [0.4, 0.5) is 0 Å². The summed E-state index contributed by atoms with van der Waals surface area (Å²) in [7, 11) is 1.85. The molecule has 152 valence electrons. The fourth-order valence-electron chi connectivity index (χ4n) is 3.93. The first kappa shape index (κ1) is 20.1. The van der Waals surface area contributed by atoms with Gasteiger partial charge in [-0.2, -0.15) is 5.26 Å². The highest BCUT2D eigenvalue weighted by Crippen LogP contribution is 2.43. The second kappa shape index (κ2) is 7.93. The minimum Gasteiger partial charge on any atom is -0.461 e. The second-order valence-corrected chi connectivity index (χ2v) is 7.47. The van der Waals surface area contributed by atoms with Gasteiger partial charge in [0.2, 0.25) is 0 Å². The molecule has 0 bridgehead atoms. The maximum Gasteiger partial charge on any atom is 0.199 e. The standard InChI is InChI=1S/C25H20N4O2/c1-15-19(14-26)24(25(27-3)16(2)29(15)4)23-12-18-20(28-11-10-22(18)31-23)13-21(30)17-8-6-5-7-9-17/h5-12,24H,13H2,1-2,4H3. The van der Waals surface area contributed by atoms with Crippen LogP contribution in [0.15, 0.2) is 75.7 Å². The average Bonchev–Trinajstić information content (AvgIpc) is 3.23. The molecule has 0 spiro atoms. The third-order valence-electron chi connectivity index (χ3n) is 5.83. The SMILES string of the molecule is [C-]#[N+]C1=C(C)N(C)C(C)=C(C#N)C1c1cc2c(CC(=O)c3ccccc3)nccc2o1. The first-order chi connectivity index (χ1) is 15.0. The van der Waals surface area contributed by atoms with Crippen molar-refractivity contribution in [2.24, 2.45) is 0 Å². The van der Waals surface area contributed by atoms with Crippen molar-refractivity contribution in [2.75, 3.05) is 7.05 Å². The summed E-state index contributed by atoms with van der Waals surface area (Å²) in [5.74, 6) is -0.108. The van der Waals surface area contributed by atoms with E-state index in [1.165, 1.54) is 0 Å². The number of hydrogen-bond acceptors (Lipinski definition) is 5. The zero-order valence-corrected chi connectivity index (χ0v) is 17.5. The van der Waals surface area contributed by atoms with E-state index in [-0.39, 0.29) is 12.2 Å². The van der Waals surface area contributed by atoms with Crippen molar-refractivity contribution >= 4 is 16.8 Å². The molecule has 0 N–H and O–H groups in total. The van der Waals surface area contributed by atoms with Crippen LogP contribution in [-0.4, -0.2) is 22.7 Å². The summed E-state index contributed by atoms with van der Waals surface area (Å²) >= 11 is 0. The zero-order chi connectivity index (χ0) is 22.1. The summed E-state index contributed by atoms with van der Waals surface area (Å²) in [5.41, 5.74) is 4.33. The minimum absolute atomic E-state index is 0.0336.